The second-order valence-corrected chi connectivity index (χ2v) is 6.09. The zero-order chi connectivity index (χ0) is 11.1. The Morgan fingerprint density at radius 1 is 1.12 bits per heavy atom. The number of hydrogen-bond acceptors (Lipinski definition) is 2. The van der Waals surface area contributed by atoms with Gasteiger partial charge in [0.05, 0.1) is 18.8 Å². The number of rotatable bonds is 4. The zero-order valence-corrected chi connectivity index (χ0v) is 10.5. The van der Waals surface area contributed by atoms with Crippen LogP contribution in [0.4, 0.5) is 0 Å². The Bertz CT molecular complexity index is 253. The van der Waals surface area contributed by atoms with E-state index in [1.165, 1.54) is 32.1 Å². The van der Waals surface area contributed by atoms with Gasteiger partial charge in [-0.3, -0.25) is 0 Å². The van der Waals surface area contributed by atoms with E-state index in [2.05, 4.69) is 6.92 Å². The minimum Gasteiger partial charge on any atom is -0.382 e. The summed E-state index contributed by atoms with van der Waals surface area (Å²) in [5.41, 5.74) is 0. The fourth-order valence-electron chi connectivity index (χ4n) is 4.73. The highest BCUT2D eigenvalue weighted by Crippen LogP contribution is 2.59. The van der Waals surface area contributed by atoms with Gasteiger partial charge >= 0.3 is 0 Å². The van der Waals surface area contributed by atoms with Crippen molar-refractivity contribution in [3.63, 3.8) is 0 Å². The summed E-state index contributed by atoms with van der Waals surface area (Å²) in [5.74, 6) is 3.97. The first-order valence-corrected chi connectivity index (χ1v) is 6.94. The number of fused-ring (bicyclic) bond motifs is 5. The second kappa shape index (κ2) is 4.30. The number of hydrogen-bond donors (Lipinski definition) is 0. The molecule has 0 aliphatic heterocycles. The van der Waals surface area contributed by atoms with Crippen molar-refractivity contribution in [2.75, 3.05) is 13.7 Å². The molecule has 3 aliphatic rings. The maximum absolute atomic E-state index is 6.17. The lowest BCUT2D eigenvalue weighted by molar-refractivity contribution is -0.0739. The van der Waals surface area contributed by atoms with Gasteiger partial charge < -0.3 is 9.47 Å². The lowest BCUT2D eigenvalue weighted by atomic mass is 9.80. The van der Waals surface area contributed by atoms with Gasteiger partial charge in [-0.1, -0.05) is 6.42 Å². The SMILES string of the molecule is COCC(C)OC1CC2CC1C1CCCC21. The van der Waals surface area contributed by atoms with Crippen molar-refractivity contribution < 1.29 is 9.47 Å². The third-order valence-electron chi connectivity index (χ3n) is 5.18. The van der Waals surface area contributed by atoms with Crippen molar-refractivity contribution in [3.8, 4) is 0 Å². The highest BCUT2D eigenvalue weighted by Gasteiger charge is 2.54. The van der Waals surface area contributed by atoms with Gasteiger partial charge in [-0.25, -0.2) is 0 Å². The van der Waals surface area contributed by atoms with E-state index in [1.54, 1.807) is 7.11 Å². The molecule has 6 atom stereocenters. The standard InChI is InChI=1S/C14H24O2/c1-9(8-15-2)16-14-7-10-6-13(14)12-5-3-4-11(10)12/h9-14H,3-8H2,1-2H3. The lowest BCUT2D eigenvalue weighted by Crippen LogP contribution is -2.33. The van der Waals surface area contributed by atoms with Crippen molar-refractivity contribution in [2.45, 2.75) is 51.2 Å². The summed E-state index contributed by atoms with van der Waals surface area (Å²) in [4.78, 5) is 0. The maximum Gasteiger partial charge on any atom is 0.0784 e. The normalized spacial score (nSPS) is 47.2. The fourth-order valence-corrected chi connectivity index (χ4v) is 4.73. The molecule has 0 N–H and O–H groups in total. The summed E-state index contributed by atoms with van der Waals surface area (Å²) in [6, 6.07) is 0. The first kappa shape index (κ1) is 11.0. The van der Waals surface area contributed by atoms with E-state index < -0.39 is 0 Å². The third-order valence-corrected chi connectivity index (χ3v) is 5.18. The molecule has 2 bridgehead atoms. The molecular weight excluding hydrogens is 200 g/mol. The summed E-state index contributed by atoms with van der Waals surface area (Å²) >= 11 is 0. The van der Waals surface area contributed by atoms with Gasteiger partial charge in [0.15, 0.2) is 0 Å². The summed E-state index contributed by atoms with van der Waals surface area (Å²) < 4.78 is 11.3. The van der Waals surface area contributed by atoms with Crippen LogP contribution < -0.4 is 0 Å². The molecule has 0 saturated heterocycles. The van der Waals surface area contributed by atoms with E-state index in [0.29, 0.717) is 6.10 Å². The fraction of sp³-hybridized carbons (Fsp3) is 1.00. The van der Waals surface area contributed by atoms with Crippen molar-refractivity contribution in [1.82, 2.24) is 0 Å². The molecule has 0 aromatic rings. The molecule has 3 saturated carbocycles. The van der Waals surface area contributed by atoms with Crippen molar-refractivity contribution in [3.05, 3.63) is 0 Å². The molecule has 2 nitrogen and oxygen atoms in total. The van der Waals surface area contributed by atoms with Gasteiger partial charge in [-0.05, 0) is 56.3 Å². The summed E-state index contributed by atoms with van der Waals surface area (Å²) in [6.07, 6.45) is 8.07. The Balaban J connectivity index is 1.59. The van der Waals surface area contributed by atoms with Crippen LogP contribution >= 0.6 is 0 Å². The zero-order valence-electron chi connectivity index (χ0n) is 10.5. The van der Waals surface area contributed by atoms with Gasteiger partial charge in [-0.2, -0.15) is 0 Å². The van der Waals surface area contributed by atoms with Gasteiger partial charge in [0, 0.05) is 7.11 Å². The highest BCUT2D eigenvalue weighted by molar-refractivity contribution is 5.03. The quantitative estimate of drug-likeness (QED) is 0.731. The average molecular weight is 224 g/mol. The smallest absolute Gasteiger partial charge is 0.0784 e. The first-order valence-electron chi connectivity index (χ1n) is 6.94. The molecule has 3 rings (SSSR count). The molecule has 3 fully saturated rings. The molecule has 0 aromatic carbocycles. The lowest BCUT2D eigenvalue weighted by Gasteiger charge is -2.33. The molecule has 2 heteroatoms. The predicted molar refractivity (Wildman–Crippen MR) is 63.3 cm³/mol. The molecule has 0 heterocycles. The Morgan fingerprint density at radius 3 is 2.75 bits per heavy atom. The van der Waals surface area contributed by atoms with E-state index in [0.717, 1.165) is 30.3 Å². The Labute approximate surface area is 98.7 Å². The third kappa shape index (κ3) is 1.70. The van der Waals surface area contributed by atoms with Gasteiger partial charge in [0.25, 0.3) is 0 Å². The van der Waals surface area contributed by atoms with Crippen LogP contribution in [0, 0.1) is 23.7 Å². The number of ether oxygens (including phenoxy) is 2. The molecule has 0 aromatic heterocycles. The van der Waals surface area contributed by atoms with Crippen LogP contribution in [0.3, 0.4) is 0 Å². The van der Waals surface area contributed by atoms with Crippen molar-refractivity contribution in [2.24, 2.45) is 23.7 Å². The molecule has 3 aliphatic carbocycles. The largest absolute Gasteiger partial charge is 0.382 e. The summed E-state index contributed by atoms with van der Waals surface area (Å²) in [5, 5.41) is 0. The van der Waals surface area contributed by atoms with Crippen LogP contribution in [0.5, 0.6) is 0 Å². The van der Waals surface area contributed by atoms with E-state index >= 15 is 0 Å². The van der Waals surface area contributed by atoms with Crippen molar-refractivity contribution in [1.29, 1.82) is 0 Å². The van der Waals surface area contributed by atoms with E-state index in [4.69, 9.17) is 9.47 Å². The van der Waals surface area contributed by atoms with Crippen LogP contribution in [0.1, 0.15) is 39.0 Å². The Kier molecular flexibility index (Phi) is 2.97. The second-order valence-electron chi connectivity index (χ2n) is 6.09. The summed E-state index contributed by atoms with van der Waals surface area (Å²) in [7, 11) is 1.76. The molecule has 6 unspecified atom stereocenters. The Hall–Kier alpha value is -0.0800. The van der Waals surface area contributed by atoms with Crippen LogP contribution in [0.15, 0.2) is 0 Å². The maximum atomic E-state index is 6.17. The molecule has 16 heavy (non-hydrogen) atoms. The molecule has 0 radical (unpaired) electrons. The first-order chi connectivity index (χ1) is 7.79. The average Bonchev–Trinajstić information content (AvgIpc) is 2.86. The van der Waals surface area contributed by atoms with Crippen LogP contribution in [-0.4, -0.2) is 25.9 Å². The summed E-state index contributed by atoms with van der Waals surface area (Å²) in [6.45, 7) is 2.88. The van der Waals surface area contributed by atoms with Gasteiger partial charge in [0.2, 0.25) is 0 Å². The molecule has 92 valence electrons. The van der Waals surface area contributed by atoms with E-state index in [-0.39, 0.29) is 6.10 Å². The van der Waals surface area contributed by atoms with Crippen LogP contribution in [0.2, 0.25) is 0 Å². The molecular formula is C14H24O2. The molecule has 0 amide bonds. The van der Waals surface area contributed by atoms with Crippen LogP contribution in [-0.2, 0) is 9.47 Å². The van der Waals surface area contributed by atoms with Gasteiger partial charge in [-0.15, -0.1) is 0 Å². The van der Waals surface area contributed by atoms with Gasteiger partial charge in [0.1, 0.15) is 0 Å². The monoisotopic (exact) mass is 224 g/mol. The predicted octanol–water partition coefficient (Wildman–Crippen LogP) is 2.86. The Morgan fingerprint density at radius 2 is 1.94 bits per heavy atom. The minimum atomic E-state index is 0.272. The number of methoxy groups -OCH3 is 1. The molecule has 0 spiro atoms. The van der Waals surface area contributed by atoms with Crippen LogP contribution in [0.25, 0.3) is 0 Å². The topological polar surface area (TPSA) is 18.5 Å². The minimum absolute atomic E-state index is 0.272. The highest BCUT2D eigenvalue weighted by atomic mass is 16.5. The van der Waals surface area contributed by atoms with Crippen molar-refractivity contribution >= 4 is 0 Å². The van der Waals surface area contributed by atoms with E-state index in [9.17, 15) is 0 Å². The van der Waals surface area contributed by atoms with E-state index in [1.807, 2.05) is 0 Å².